The van der Waals surface area contributed by atoms with Gasteiger partial charge in [-0.05, 0) is 0 Å². The molecule has 0 spiro atoms. The molecule has 0 atom stereocenters. The van der Waals surface area contributed by atoms with Gasteiger partial charge < -0.3 is 0 Å². The van der Waals surface area contributed by atoms with Crippen LogP contribution in [0.1, 0.15) is 0 Å². The number of hydrogen-bond donors (Lipinski definition) is 0. The Hall–Kier alpha value is 0.559. The van der Waals surface area contributed by atoms with E-state index < -0.39 is 0 Å². The number of hydrogen-bond acceptors (Lipinski definition) is 0. The van der Waals surface area contributed by atoms with E-state index in [0.29, 0.717) is 0 Å². The van der Waals surface area contributed by atoms with Crippen LogP contribution in [-0.2, 0) is 0 Å². The third-order valence-corrected chi connectivity index (χ3v) is 4.81. The zero-order valence-corrected chi connectivity index (χ0v) is 5.90. The Bertz CT molecular complexity index is 70.9. The van der Waals surface area contributed by atoms with E-state index in [1.807, 2.05) is 0 Å². The fourth-order valence-corrected chi connectivity index (χ4v) is 3.75. The molecule has 0 N–H and O–H groups in total. The summed E-state index contributed by atoms with van der Waals surface area (Å²) in [5.74, 6) is 0. The summed E-state index contributed by atoms with van der Waals surface area (Å²) in [4.78, 5) is 4.29. The molecule has 26 valence electrons. The van der Waals surface area contributed by atoms with E-state index in [1.165, 1.54) is 0 Å². The molecule has 0 aromatic heterocycles. The van der Waals surface area contributed by atoms with Crippen molar-refractivity contribution in [3.8, 4) is 0 Å². The van der Waals surface area contributed by atoms with E-state index in [9.17, 15) is 0 Å². The second-order valence-electron chi connectivity index (χ2n) is 0.595. The summed E-state index contributed by atoms with van der Waals surface area (Å²) in [7, 11) is 0. The second kappa shape index (κ2) is 1.87. The van der Waals surface area contributed by atoms with E-state index >= 15 is 0 Å². The normalized spacial score (nSPS) is 17.6. The minimum absolute atomic E-state index is 0.840. The molecule has 0 nitrogen and oxygen atoms in total. The van der Waals surface area contributed by atoms with Crippen LogP contribution < -0.4 is 0 Å². The van der Waals surface area contributed by atoms with E-state index in [-0.39, 0.29) is 0 Å². The van der Waals surface area contributed by atoms with Crippen LogP contribution in [0, 0.1) is 0 Å². The van der Waals surface area contributed by atoms with Gasteiger partial charge in [0.1, 0.15) is 0 Å². The van der Waals surface area contributed by atoms with Crippen molar-refractivity contribution in [2.24, 2.45) is 0 Å². The quantitative estimate of drug-likeness (QED) is 0.376. The van der Waals surface area contributed by atoms with Crippen LogP contribution in [0.3, 0.4) is 0 Å². The molecule has 0 bridgehead atoms. The monoisotopic (exact) mass is 198 g/mol. The molecular formula is C3H2Se2. The minimum atomic E-state index is 0.840. The molecule has 0 aliphatic carbocycles. The summed E-state index contributed by atoms with van der Waals surface area (Å²) < 4.78 is 0. The van der Waals surface area contributed by atoms with Gasteiger partial charge in [0.15, 0.2) is 0 Å². The third-order valence-electron chi connectivity index (χ3n) is 0.288. The molecule has 0 aromatic carbocycles. The average molecular weight is 196 g/mol. The maximum absolute atomic E-state index is 3.03. The van der Waals surface area contributed by atoms with Gasteiger partial charge in [0.25, 0.3) is 0 Å². The van der Waals surface area contributed by atoms with Crippen molar-refractivity contribution in [2.45, 2.75) is 0 Å². The van der Waals surface area contributed by atoms with E-state index in [1.54, 1.807) is 0 Å². The molecule has 0 unspecified atom stereocenters. The molecule has 0 saturated heterocycles. The summed E-state index contributed by atoms with van der Waals surface area (Å²) in [5.41, 5.74) is 3.03. The number of rotatable bonds is 0. The van der Waals surface area contributed by atoms with Crippen LogP contribution in [0.4, 0.5) is 0 Å². The average Bonchev–Trinajstić information content (AvgIpc) is 1.76. The van der Waals surface area contributed by atoms with Gasteiger partial charge in [-0.25, -0.2) is 0 Å². The molecule has 0 saturated carbocycles. The van der Waals surface area contributed by atoms with Crippen LogP contribution in [-0.4, -0.2) is 26.3 Å². The van der Waals surface area contributed by atoms with Crippen molar-refractivity contribution in [3.05, 3.63) is 15.7 Å². The Balaban J connectivity index is 2.64. The third kappa shape index (κ3) is 0.966. The Kier molecular flexibility index (Phi) is 1.40. The standard InChI is InChI=1S/C3H2Se2/c1-2-4-5-3-1/h2-3H. The predicted octanol–water partition coefficient (Wildman–Crippen LogP) is -0.0503. The Morgan fingerprint density at radius 2 is 1.80 bits per heavy atom. The van der Waals surface area contributed by atoms with E-state index in [2.05, 4.69) is 15.7 Å². The summed E-state index contributed by atoms with van der Waals surface area (Å²) in [5, 5.41) is 0. The molecule has 1 heterocycles. The van der Waals surface area contributed by atoms with Crippen molar-refractivity contribution in [1.82, 2.24) is 0 Å². The second-order valence-corrected chi connectivity index (χ2v) is 6.59. The first-order chi connectivity index (χ1) is 2.50. The molecule has 0 fully saturated rings. The molecule has 0 aromatic rings. The van der Waals surface area contributed by atoms with Crippen LogP contribution >= 0.6 is 0 Å². The first kappa shape index (κ1) is 3.74. The van der Waals surface area contributed by atoms with Gasteiger partial charge in [0, 0.05) is 0 Å². The molecule has 0 amide bonds. The molecule has 2 heteroatoms. The van der Waals surface area contributed by atoms with Gasteiger partial charge in [-0.2, -0.15) is 0 Å². The summed E-state index contributed by atoms with van der Waals surface area (Å²) in [6.45, 7) is 0. The van der Waals surface area contributed by atoms with Crippen molar-refractivity contribution in [3.63, 3.8) is 0 Å². The fraction of sp³-hybridized carbons (Fsp3) is 0. The van der Waals surface area contributed by atoms with Crippen LogP contribution in [0.2, 0.25) is 0 Å². The van der Waals surface area contributed by atoms with Gasteiger partial charge in [0.05, 0.1) is 0 Å². The zero-order valence-electron chi connectivity index (χ0n) is 2.47. The molecule has 1 aliphatic rings. The SMILES string of the molecule is C1=C[Se][Se]C=1. The summed E-state index contributed by atoms with van der Waals surface area (Å²) in [6.07, 6.45) is 0. The Morgan fingerprint density at radius 3 is 2.00 bits per heavy atom. The first-order valence-corrected chi connectivity index (χ1v) is 7.53. The molecule has 1 aliphatic heterocycles. The van der Waals surface area contributed by atoms with Gasteiger partial charge in [0.2, 0.25) is 0 Å². The van der Waals surface area contributed by atoms with Gasteiger partial charge in [-0.1, -0.05) is 0 Å². The van der Waals surface area contributed by atoms with Crippen LogP contribution in [0.5, 0.6) is 0 Å². The molecule has 1 rings (SSSR count). The zero-order chi connectivity index (χ0) is 3.54. The van der Waals surface area contributed by atoms with Crippen LogP contribution in [0.15, 0.2) is 15.7 Å². The van der Waals surface area contributed by atoms with E-state index in [4.69, 9.17) is 0 Å². The van der Waals surface area contributed by atoms with Gasteiger partial charge in [-0.15, -0.1) is 0 Å². The van der Waals surface area contributed by atoms with Crippen molar-refractivity contribution in [1.29, 1.82) is 0 Å². The van der Waals surface area contributed by atoms with Gasteiger partial charge >= 0.3 is 41.9 Å². The predicted molar refractivity (Wildman–Crippen MR) is 24.2 cm³/mol. The topological polar surface area (TPSA) is 0 Å². The molecule has 0 radical (unpaired) electrons. The van der Waals surface area contributed by atoms with Crippen molar-refractivity contribution >= 4 is 26.3 Å². The van der Waals surface area contributed by atoms with Gasteiger partial charge in [-0.3, -0.25) is 0 Å². The Morgan fingerprint density at radius 1 is 1.20 bits per heavy atom. The first-order valence-electron chi connectivity index (χ1n) is 1.22. The molecule has 5 heavy (non-hydrogen) atoms. The van der Waals surface area contributed by atoms with Crippen LogP contribution in [0.25, 0.3) is 0 Å². The molecular weight excluding hydrogens is 194 g/mol. The summed E-state index contributed by atoms with van der Waals surface area (Å²) in [6, 6.07) is 0. The fourth-order valence-electron chi connectivity index (χ4n) is 0.139. The van der Waals surface area contributed by atoms with Crippen molar-refractivity contribution < 1.29 is 0 Å². The van der Waals surface area contributed by atoms with Crippen molar-refractivity contribution in [2.75, 3.05) is 0 Å². The Labute approximate surface area is 42.2 Å². The maximum atomic E-state index is 3.03. The van der Waals surface area contributed by atoms with E-state index in [0.717, 1.165) is 26.3 Å². The summed E-state index contributed by atoms with van der Waals surface area (Å²) >= 11 is 1.68.